The van der Waals surface area contributed by atoms with Crippen LogP contribution in [-0.4, -0.2) is 26.3 Å². The van der Waals surface area contributed by atoms with Crippen LogP contribution >= 0.6 is 0 Å². The molecule has 1 heterocycles. The number of aromatic nitrogens is 1. The number of ether oxygens (including phenoxy) is 3. The van der Waals surface area contributed by atoms with E-state index >= 15 is 0 Å². The van der Waals surface area contributed by atoms with Gasteiger partial charge in [-0.1, -0.05) is 0 Å². The highest BCUT2D eigenvalue weighted by Crippen LogP contribution is 2.36. The van der Waals surface area contributed by atoms with E-state index in [0.29, 0.717) is 11.6 Å². The topological polar surface area (TPSA) is 43.5 Å². The maximum absolute atomic E-state index is 5.31. The number of H-pyrrole nitrogens is 1. The Hall–Kier alpha value is -1.84. The van der Waals surface area contributed by atoms with Crippen molar-refractivity contribution in [3.8, 4) is 17.4 Å². The first kappa shape index (κ1) is 9.71. The fraction of sp³-hybridized carbons (Fsp3) is 0.273. The van der Waals surface area contributed by atoms with Crippen molar-refractivity contribution in [2.24, 2.45) is 0 Å². The predicted octanol–water partition coefficient (Wildman–Crippen LogP) is 2.19. The molecule has 0 amide bonds. The van der Waals surface area contributed by atoms with Crippen LogP contribution in [0, 0.1) is 0 Å². The molecule has 4 heteroatoms. The fourth-order valence-electron chi connectivity index (χ4n) is 1.61. The molecule has 0 saturated heterocycles. The predicted molar refractivity (Wildman–Crippen MR) is 58.0 cm³/mol. The zero-order chi connectivity index (χ0) is 10.8. The van der Waals surface area contributed by atoms with Crippen LogP contribution in [0.5, 0.6) is 17.4 Å². The highest BCUT2D eigenvalue weighted by atomic mass is 16.5. The van der Waals surface area contributed by atoms with Crippen molar-refractivity contribution in [3.63, 3.8) is 0 Å². The van der Waals surface area contributed by atoms with Crippen molar-refractivity contribution in [2.45, 2.75) is 0 Å². The summed E-state index contributed by atoms with van der Waals surface area (Å²) in [5.41, 5.74) is 0.963. The molecule has 80 valence electrons. The largest absolute Gasteiger partial charge is 0.493 e. The van der Waals surface area contributed by atoms with Gasteiger partial charge in [-0.25, -0.2) is 0 Å². The van der Waals surface area contributed by atoms with Crippen LogP contribution in [0.3, 0.4) is 0 Å². The highest BCUT2D eigenvalue weighted by molar-refractivity contribution is 5.90. The van der Waals surface area contributed by atoms with Crippen LogP contribution < -0.4 is 14.2 Å². The van der Waals surface area contributed by atoms with E-state index in [2.05, 4.69) is 4.98 Å². The van der Waals surface area contributed by atoms with Gasteiger partial charge in [-0.15, -0.1) is 0 Å². The van der Waals surface area contributed by atoms with Crippen molar-refractivity contribution < 1.29 is 14.2 Å². The third-order valence-corrected chi connectivity index (χ3v) is 2.34. The molecule has 4 nitrogen and oxygen atoms in total. The Kier molecular flexibility index (Phi) is 2.41. The zero-order valence-electron chi connectivity index (χ0n) is 8.96. The molecule has 0 atom stereocenters. The first-order chi connectivity index (χ1) is 7.30. The number of nitrogens with one attached hydrogen (secondary N) is 1. The van der Waals surface area contributed by atoms with E-state index in [-0.39, 0.29) is 0 Å². The molecule has 2 rings (SSSR count). The number of rotatable bonds is 3. The van der Waals surface area contributed by atoms with E-state index in [0.717, 1.165) is 16.7 Å². The van der Waals surface area contributed by atoms with Gasteiger partial charge >= 0.3 is 0 Å². The number of benzene rings is 1. The molecule has 0 unspecified atom stereocenters. The maximum Gasteiger partial charge on any atom is 0.191 e. The molecule has 0 fully saturated rings. The Bertz CT molecular complexity index is 476. The number of methoxy groups -OCH3 is 3. The van der Waals surface area contributed by atoms with E-state index in [9.17, 15) is 0 Å². The van der Waals surface area contributed by atoms with Crippen LogP contribution in [0.1, 0.15) is 0 Å². The number of hydrogen-bond acceptors (Lipinski definition) is 3. The molecular formula is C11H13NO3. The van der Waals surface area contributed by atoms with Crippen molar-refractivity contribution >= 4 is 10.9 Å². The lowest BCUT2D eigenvalue weighted by Crippen LogP contribution is -1.90. The Morgan fingerprint density at radius 1 is 1.00 bits per heavy atom. The van der Waals surface area contributed by atoms with Gasteiger partial charge in [0, 0.05) is 11.5 Å². The average molecular weight is 207 g/mol. The summed E-state index contributed by atoms with van der Waals surface area (Å²) in [4.78, 5) is 3.11. The van der Waals surface area contributed by atoms with Crippen LogP contribution in [0.15, 0.2) is 18.2 Å². The van der Waals surface area contributed by atoms with E-state index in [1.807, 2.05) is 18.2 Å². The second-order valence-electron chi connectivity index (χ2n) is 3.10. The highest BCUT2D eigenvalue weighted by Gasteiger charge is 2.11. The van der Waals surface area contributed by atoms with Crippen LogP contribution in [0.4, 0.5) is 0 Å². The smallest absolute Gasteiger partial charge is 0.191 e. The van der Waals surface area contributed by atoms with Crippen LogP contribution in [0.25, 0.3) is 10.9 Å². The van der Waals surface area contributed by atoms with E-state index in [1.54, 1.807) is 21.3 Å². The molecule has 0 aliphatic heterocycles. The summed E-state index contributed by atoms with van der Waals surface area (Å²) in [5.74, 6) is 2.14. The second-order valence-corrected chi connectivity index (χ2v) is 3.10. The van der Waals surface area contributed by atoms with Gasteiger partial charge in [0.25, 0.3) is 0 Å². The van der Waals surface area contributed by atoms with Gasteiger partial charge in [0.1, 0.15) is 0 Å². The van der Waals surface area contributed by atoms with E-state index in [1.165, 1.54) is 0 Å². The average Bonchev–Trinajstić information content (AvgIpc) is 2.70. The minimum absolute atomic E-state index is 0.705. The lowest BCUT2D eigenvalue weighted by Gasteiger charge is -2.07. The molecule has 2 aromatic rings. The molecule has 0 radical (unpaired) electrons. The molecule has 0 aliphatic rings. The summed E-state index contributed by atoms with van der Waals surface area (Å²) in [6.45, 7) is 0. The SMILES string of the molecule is COc1cc2c(OC)c(OC)ccc2[nH]1. The maximum atomic E-state index is 5.31. The molecule has 1 aromatic heterocycles. The summed E-state index contributed by atoms with van der Waals surface area (Å²) in [7, 11) is 4.86. The standard InChI is InChI=1S/C11H13NO3/c1-13-9-5-4-8-7(11(9)15-3)6-10(12-8)14-2/h4-6,12H,1-3H3. The quantitative estimate of drug-likeness (QED) is 0.839. The molecule has 1 aromatic carbocycles. The Morgan fingerprint density at radius 2 is 1.80 bits per heavy atom. The van der Waals surface area contributed by atoms with Gasteiger partial charge in [0.15, 0.2) is 17.4 Å². The van der Waals surface area contributed by atoms with Crippen molar-refractivity contribution in [3.05, 3.63) is 18.2 Å². The normalized spacial score (nSPS) is 10.3. The molecule has 0 saturated carbocycles. The van der Waals surface area contributed by atoms with Crippen molar-refractivity contribution in [2.75, 3.05) is 21.3 Å². The van der Waals surface area contributed by atoms with Gasteiger partial charge in [-0.3, -0.25) is 0 Å². The summed E-state index contributed by atoms with van der Waals surface area (Å²) in [5, 5.41) is 0.953. The summed E-state index contributed by atoms with van der Waals surface area (Å²) in [6, 6.07) is 5.67. The first-order valence-electron chi connectivity index (χ1n) is 4.58. The Labute approximate surface area is 87.8 Å². The molecular weight excluding hydrogens is 194 g/mol. The van der Waals surface area contributed by atoms with Crippen molar-refractivity contribution in [1.29, 1.82) is 0 Å². The third kappa shape index (κ3) is 1.48. The van der Waals surface area contributed by atoms with E-state index in [4.69, 9.17) is 14.2 Å². The van der Waals surface area contributed by atoms with Crippen molar-refractivity contribution in [1.82, 2.24) is 4.98 Å². The second kappa shape index (κ2) is 3.73. The lowest BCUT2D eigenvalue weighted by molar-refractivity contribution is 0.358. The van der Waals surface area contributed by atoms with Gasteiger partial charge in [0.05, 0.1) is 26.8 Å². The van der Waals surface area contributed by atoms with Crippen LogP contribution in [-0.2, 0) is 0 Å². The molecule has 1 N–H and O–H groups in total. The number of fused-ring (bicyclic) bond motifs is 1. The summed E-state index contributed by atoms with van der Waals surface area (Å²) < 4.78 is 15.6. The van der Waals surface area contributed by atoms with Gasteiger partial charge in [0.2, 0.25) is 0 Å². The number of aromatic amines is 1. The first-order valence-corrected chi connectivity index (χ1v) is 4.58. The monoisotopic (exact) mass is 207 g/mol. The Balaban J connectivity index is 2.69. The fourth-order valence-corrected chi connectivity index (χ4v) is 1.61. The van der Waals surface area contributed by atoms with Gasteiger partial charge in [-0.2, -0.15) is 0 Å². The molecule has 0 bridgehead atoms. The minimum atomic E-state index is 0.705. The van der Waals surface area contributed by atoms with Gasteiger partial charge in [-0.05, 0) is 12.1 Å². The van der Waals surface area contributed by atoms with E-state index < -0.39 is 0 Å². The lowest BCUT2D eigenvalue weighted by atomic mass is 10.2. The summed E-state index contributed by atoms with van der Waals surface area (Å²) in [6.07, 6.45) is 0. The van der Waals surface area contributed by atoms with Gasteiger partial charge < -0.3 is 19.2 Å². The zero-order valence-corrected chi connectivity index (χ0v) is 8.96. The molecule has 0 spiro atoms. The number of hydrogen-bond donors (Lipinski definition) is 1. The minimum Gasteiger partial charge on any atom is -0.493 e. The Morgan fingerprint density at radius 3 is 2.40 bits per heavy atom. The molecule has 15 heavy (non-hydrogen) atoms. The summed E-state index contributed by atoms with van der Waals surface area (Å²) >= 11 is 0. The molecule has 0 aliphatic carbocycles. The van der Waals surface area contributed by atoms with Crippen LogP contribution in [0.2, 0.25) is 0 Å². The third-order valence-electron chi connectivity index (χ3n) is 2.34.